The van der Waals surface area contributed by atoms with E-state index < -0.39 is 11.8 Å². The number of nitrogens with zero attached hydrogens (tertiary/aromatic N) is 1. The molecule has 0 aliphatic carbocycles. The van der Waals surface area contributed by atoms with E-state index in [0.29, 0.717) is 28.4 Å². The Morgan fingerprint density at radius 1 is 0.774 bits per heavy atom. The quantitative estimate of drug-likeness (QED) is 0.605. The molecule has 0 spiro atoms. The first kappa shape index (κ1) is 20.2. The third-order valence-electron chi connectivity index (χ3n) is 5.08. The van der Waals surface area contributed by atoms with Crippen LogP contribution in [-0.4, -0.2) is 26.0 Å². The monoisotopic (exact) mass is 414 g/mol. The van der Waals surface area contributed by atoms with Gasteiger partial charge in [0, 0.05) is 11.3 Å². The summed E-state index contributed by atoms with van der Waals surface area (Å²) in [4.78, 5) is 28.4. The second-order valence-corrected chi connectivity index (χ2v) is 7.06. The number of carbonyl (C=O) groups is 2. The molecule has 0 fully saturated rings. The highest BCUT2D eigenvalue weighted by Gasteiger charge is 2.42. The van der Waals surface area contributed by atoms with Crippen LogP contribution in [0.4, 0.5) is 11.4 Å². The molecule has 4 rings (SSSR count). The first-order valence-corrected chi connectivity index (χ1v) is 9.78. The molecule has 3 aromatic carbocycles. The number of hydrogen-bond donors (Lipinski definition) is 1. The maximum Gasteiger partial charge on any atom is 0.282 e. The van der Waals surface area contributed by atoms with E-state index >= 15 is 0 Å². The minimum atomic E-state index is -0.460. The zero-order valence-electron chi connectivity index (χ0n) is 17.5. The molecule has 0 saturated heterocycles. The molecule has 1 heterocycles. The highest BCUT2D eigenvalue weighted by Crippen LogP contribution is 2.40. The van der Waals surface area contributed by atoms with Gasteiger partial charge in [0.25, 0.3) is 11.8 Å². The molecule has 1 aliphatic rings. The number of imide groups is 1. The summed E-state index contributed by atoms with van der Waals surface area (Å²) in [6, 6.07) is 21.8. The summed E-state index contributed by atoms with van der Waals surface area (Å²) in [5, 5.41) is 3.14. The van der Waals surface area contributed by atoms with Crippen LogP contribution in [0, 0.1) is 6.92 Å². The van der Waals surface area contributed by atoms with Crippen molar-refractivity contribution in [1.29, 1.82) is 0 Å². The summed E-state index contributed by atoms with van der Waals surface area (Å²) in [7, 11) is 3.04. The molecule has 31 heavy (non-hydrogen) atoms. The lowest BCUT2D eigenvalue weighted by molar-refractivity contribution is -0.120. The molecular formula is C25H22N2O4. The van der Waals surface area contributed by atoms with Gasteiger partial charge in [-0.1, -0.05) is 42.5 Å². The zero-order valence-corrected chi connectivity index (χ0v) is 17.5. The maximum absolute atomic E-state index is 13.7. The fourth-order valence-corrected chi connectivity index (χ4v) is 3.61. The molecule has 0 unspecified atom stereocenters. The third-order valence-corrected chi connectivity index (χ3v) is 5.08. The van der Waals surface area contributed by atoms with Crippen LogP contribution < -0.4 is 19.7 Å². The summed E-state index contributed by atoms with van der Waals surface area (Å²) >= 11 is 0. The predicted molar refractivity (Wildman–Crippen MR) is 120 cm³/mol. The van der Waals surface area contributed by atoms with E-state index in [1.165, 1.54) is 14.2 Å². The van der Waals surface area contributed by atoms with Crippen LogP contribution in [0.2, 0.25) is 0 Å². The maximum atomic E-state index is 13.7. The van der Waals surface area contributed by atoms with Gasteiger partial charge in [-0.05, 0) is 42.8 Å². The fourth-order valence-electron chi connectivity index (χ4n) is 3.61. The number of para-hydroxylation sites is 2. The molecule has 0 saturated carbocycles. The normalized spacial score (nSPS) is 13.6. The first-order chi connectivity index (χ1) is 15.0. The molecule has 0 aromatic heterocycles. The van der Waals surface area contributed by atoms with E-state index in [0.717, 1.165) is 10.5 Å². The number of aryl methyl sites for hydroxylation is 1. The highest BCUT2D eigenvalue weighted by molar-refractivity contribution is 6.46. The Balaban J connectivity index is 1.90. The van der Waals surface area contributed by atoms with E-state index in [1.807, 2.05) is 49.4 Å². The number of anilines is 2. The van der Waals surface area contributed by atoms with Gasteiger partial charge >= 0.3 is 0 Å². The molecule has 0 radical (unpaired) electrons. The first-order valence-electron chi connectivity index (χ1n) is 9.78. The second kappa shape index (κ2) is 8.36. The Kier molecular flexibility index (Phi) is 5.45. The molecule has 0 bridgehead atoms. The van der Waals surface area contributed by atoms with E-state index in [-0.39, 0.29) is 11.3 Å². The van der Waals surface area contributed by atoms with Gasteiger partial charge in [-0.25, -0.2) is 4.90 Å². The SMILES string of the molecule is COc1ccccc1C1=C(Nc2ccccc2)C(=O)N(c2cc(C)ccc2OC)C1=O. The van der Waals surface area contributed by atoms with Gasteiger partial charge < -0.3 is 14.8 Å². The minimum Gasteiger partial charge on any atom is -0.496 e. The van der Waals surface area contributed by atoms with Crippen molar-refractivity contribution in [3.8, 4) is 11.5 Å². The minimum absolute atomic E-state index is 0.184. The van der Waals surface area contributed by atoms with Gasteiger partial charge in [0.15, 0.2) is 0 Å². The van der Waals surface area contributed by atoms with Gasteiger partial charge in [0.05, 0.1) is 25.5 Å². The molecular weight excluding hydrogens is 392 g/mol. The number of hydrogen-bond acceptors (Lipinski definition) is 5. The van der Waals surface area contributed by atoms with Crippen molar-refractivity contribution in [2.24, 2.45) is 0 Å². The number of methoxy groups -OCH3 is 2. The van der Waals surface area contributed by atoms with Crippen molar-refractivity contribution in [2.75, 3.05) is 24.4 Å². The third kappa shape index (κ3) is 3.64. The van der Waals surface area contributed by atoms with Crippen molar-refractivity contribution in [2.45, 2.75) is 6.92 Å². The van der Waals surface area contributed by atoms with Crippen LogP contribution in [0.5, 0.6) is 11.5 Å². The van der Waals surface area contributed by atoms with Crippen molar-refractivity contribution >= 4 is 28.8 Å². The van der Waals surface area contributed by atoms with Gasteiger partial charge in [-0.15, -0.1) is 0 Å². The van der Waals surface area contributed by atoms with Crippen LogP contribution in [0.1, 0.15) is 11.1 Å². The van der Waals surface area contributed by atoms with Crippen LogP contribution in [0.25, 0.3) is 5.57 Å². The second-order valence-electron chi connectivity index (χ2n) is 7.06. The average molecular weight is 414 g/mol. The van der Waals surface area contributed by atoms with Crippen LogP contribution >= 0.6 is 0 Å². The van der Waals surface area contributed by atoms with Gasteiger partial charge in [-0.2, -0.15) is 0 Å². The smallest absolute Gasteiger partial charge is 0.282 e. The van der Waals surface area contributed by atoms with Crippen molar-refractivity contribution in [3.05, 3.63) is 89.6 Å². The number of amides is 2. The number of benzene rings is 3. The molecule has 156 valence electrons. The molecule has 6 heteroatoms. The topological polar surface area (TPSA) is 67.9 Å². The molecule has 1 N–H and O–H groups in total. The van der Waals surface area contributed by atoms with Crippen molar-refractivity contribution in [3.63, 3.8) is 0 Å². The number of ether oxygens (including phenoxy) is 2. The lowest BCUT2D eigenvalue weighted by Crippen LogP contribution is -2.32. The highest BCUT2D eigenvalue weighted by atomic mass is 16.5. The predicted octanol–water partition coefficient (Wildman–Crippen LogP) is 4.41. The molecule has 2 amide bonds. The summed E-state index contributed by atoms with van der Waals surface area (Å²) in [5.41, 5.74) is 2.97. The Hall–Kier alpha value is -4.06. The molecule has 0 atom stereocenters. The van der Waals surface area contributed by atoms with E-state index in [9.17, 15) is 9.59 Å². The summed E-state index contributed by atoms with van der Waals surface area (Å²) < 4.78 is 10.9. The van der Waals surface area contributed by atoms with Crippen LogP contribution in [0.3, 0.4) is 0 Å². The van der Waals surface area contributed by atoms with Gasteiger partial charge in [-0.3, -0.25) is 9.59 Å². The summed E-state index contributed by atoms with van der Waals surface area (Å²) in [6.45, 7) is 1.89. The largest absolute Gasteiger partial charge is 0.496 e. The molecule has 3 aromatic rings. The van der Waals surface area contributed by atoms with E-state index in [2.05, 4.69) is 5.32 Å². The lowest BCUT2D eigenvalue weighted by Gasteiger charge is -2.19. The lowest BCUT2D eigenvalue weighted by atomic mass is 10.0. The fraction of sp³-hybridized carbons (Fsp3) is 0.120. The van der Waals surface area contributed by atoms with E-state index in [1.54, 1.807) is 30.3 Å². The van der Waals surface area contributed by atoms with Crippen LogP contribution in [-0.2, 0) is 9.59 Å². The molecule has 6 nitrogen and oxygen atoms in total. The van der Waals surface area contributed by atoms with Crippen molar-refractivity contribution < 1.29 is 19.1 Å². The van der Waals surface area contributed by atoms with Gasteiger partial charge in [0.2, 0.25) is 0 Å². The van der Waals surface area contributed by atoms with Gasteiger partial charge in [0.1, 0.15) is 17.2 Å². The number of carbonyl (C=O) groups excluding carboxylic acids is 2. The summed E-state index contributed by atoms with van der Waals surface area (Å²) in [6.07, 6.45) is 0. The Morgan fingerprint density at radius 2 is 1.45 bits per heavy atom. The molecule has 1 aliphatic heterocycles. The number of nitrogens with one attached hydrogen (secondary N) is 1. The van der Waals surface area contributed by atoms with E-state index in [4.69, 9.17) is 9.47 Å². The van der Waals surface area contributed by atoms with Crippen LogP contribution in [0.15, 0.2) is 78.5 Å². The average Bonchev–Trinajstić information content (AvgIpc) is 3.03. The number of rotatable bonds is 6. The summed E-state index contributed by atoms with van der Waals surface area (Å²) in [5.74, 6) is 0.0344. The Bertz CT molecular complexity index is 1190. The Labute approximate surface area is 180 Å². The standard InChI is InChI=1S/C25H22N2O4/c1-16-13-14-21(31-3)19(15-16)27-24(28)22(18-11-7-8-12-20(18)30-2)23(25(27)29)26-17-9-5-4-6-10-17/h4-15,26H,1-3H3. The van der Waals surface area contributed by atoms with Crippen molar-refractivity contribution in [1.82, 2.24) is 0 Å². The Morgan fingerprint density at radius 3 is 2.16 bits per heavy atom. The zero-order chi connectivity index (χ0) is 22.0.